The number of hydrogen-bond donors (Lipinski definition) is 1. The van der Waals surface area contributed by atoms with E-state index in [9.17, 15) is 23.6 Å². The van der Waals surface area contributed by atoms with E-state index in [1.54, 1.807) is 12.1 Å². The molecule has 0 unspecified atom stereocenters. The standard InChI is InChI=1S/C20H23FN2O5/c1-12(23-18(25)14-7-3-4-8-15(14)19(23)26)20(27)28-11-17(24)22-10-13-6-2-5-9-16(13)21/h2,5-6,9,12,14-15H,3-4,7-8,10-11H2,1H3,(H,22,24)/t12-,14+,15+/m0/s1. The Hall–Kier alpha value is -2.77. The van der Waals surface area contributed by atoms with Gasteiger partial charge >= 0.3 is 5.97 Å². The molecule has 0 radical (unpaired) electrons. The van der Waals surface area contributed by atoms with Crippen LogP contribution in [0.5, 0.6) is 0 Å². The molecular formula is C20H23FN2O5. The molecule has 1 aromatic rings. The number of esters is 1. The highest BCUT2D eigenvalue weighted by molar-refractivity contribution is 6.07. The van der Waals surface area contributed by atoms with Crippen LogP contribution in [0.4, 0.5) is 4.39 Å². The highest BCUT2D eigenvalue weighted by Gasteiger charge is 2.51. The fourth-order valence-electron chi connectivity index (χ4n) is 3.82. The number of benzene rings is 1. The van der Waals surface area contributed by atoms with Crippen molar-refractivity contribution in [1.82, 2.24) is 10.2 Å². The molecule has 2 fully saturated rings. The lowest BCUT2D eigenvalue weighted by Crippen LogP contribution is -2.45. The van der Waals surface area contributed by atoms with Gasteiger partial charge in [-0.2, -0.15) is 0 Å². The van der Waals surface area contributed by atoms with Crippen molar-refractivity contribution < 1.29 is 28.3 Å². The van der Waals surface area contributed by atoms with Crippen molar-refractivity contribution in [2.24, 2.45) is 11.8 Å². The number of likely N-dealkylation sites (tertiary alicyclic amines) is 1. The maximum Gasteiger partial charge on any atom is 0.329 e. The Labute approximate surface area is 162 Å². The van der Waals surface area contributed by atoms with Gasteiger partial charge in [0.1, 0.15) is 11.9 Å². The van der Waals surface area contributed by atoms with Gasteiger partial charge in [-0.05, 0) is 25.8 Å². The topological polar surface area (TPSA) is 92.8 Å². The average molecular weight is 390 g/mol. The van der Waals surface area contributed by atoms with Crippen LogP contribution in [0.1, 0.15) is 38.2 Å². The van der Waals surface area contributed by atoms with E-state index in [0.29, 0.717) is 18.4 Å². The van der Waals surface area contributed by atoms with Gasteiger partial charge in [0.05, 0.1) is 11.8 Å². The first kappa shape index (κ1) is 20.0. The van der Waals surface area contributed by atoms with Crippen LogP contribution >= 0.6 is 0 Å². The van der Waals surface area contributed by atoms with Crippen LogP contribution in [0.25, 0.3) is 0 Å². The maximum atomic E-state index is 13.5. The normalized spacial score (nSPS) is 22.6. The monoisotopic (exact) mass is 390 g/mol. The Balaban J connectivity index is 1.50. The Morgan fingerprint density at radius 2 is 1.79 bits per heavy atom. The third kappa shape index (κ3) is 4.05. The minimum atomic E-state index is -1.08. The Morgan fingerprint density at radius 3 is 2.39 bits per heavy atom. The van der Waals surface area contributed by atoms with Gasteiger partial charge in [0, 0.05) is 12.1 Å². The molecule has 1 saturated carbocycles. The van der Waals surface area contributed by atoms with Crippen LogP contribution in [0.2, 0.25) is 0 Å². The number of hydrogen-bond acceptors (Lipinski definition) is 5. The SMILES string of the molecule is C[C@@H](C(=O)OCC(=O)NCc1ccccc1F)N1C(=O)[C@@H]2CCCC[C@H]2C1=O. The van der Waals surface area contributed by atoms with Gasteiger partial charge in [-0.15, -0.1) is 0 Å². The summed E-state index contributed by atoms with van der Waals surface area (Å²) in [7, 11) is 0. The van der Waals surface area contributed by atoms with Gasteiger partial charge in [-0.3, -0.25) is 19.3 Å². The van der Waals surface area contributed by atoms with Crippen LogP contribution in [-0.4, -0.2) is 41.2 Å². The molecule has 2 aliphatic rings. The molecule has 0 spiro atoms. The Bertz CT molecular complexity index is 773. The molecule has 1 N–H and O–H groups in total. The van der Waals surface area contributed by atoms with Crippen LogP contribution < -0.4 is 5.32 Å². The fraction of sp³-hybridized carbons (Fsp3) is 0.500. The van der Waals surface area contributed by atoms with E-state index in [0.717, 1.165) is 17.7 Å². The van der Waals surface area contributed by atoms with Crippen molar-refractivity contribution in [1.29, 1.82) is 0 Å². The van der Waals surface area contributed by atoms with Gasteiger partial charge < -0.3 is 10.1 Å². The van der Waals surface area contributed by atoms with Crippen molar-refractivity contribution in [3.63, 3.8) is 0 Å². The predicted molar refractivity (Wildman–Crippen MR) is 96.0 cm³/mol. The van der Waals surface area contributed by atoms with Crippen molar-refractivity contribution in [3.8, 4) is 0 Å². The van der Waals surface area contributed by atoms with E-state index >= 15 is 0 Å². The van der Waals surface area contributed by atoms with E-state index in [2.05, 4.69) is 5.32 Å². The van der Waals surface area contributed by atoms with E-state index in [4.69, 9.17) is 4.74 Å². The summed E-state index contributed by atoms with van der Waals surface area (Å²) in [4.78, 5) is 50.1. The summed E-state index contributed by atoms with van der Waals surface area (Å²) < 4.78 is 18.5. The smallest absolute Gasteiger partial charge is 0.329 e. The van der Waals surface area contributed by atoms with Gasteiger partial charge in [-0.25, -0.2) is 9.18 Å². The van der Waals surface area contributed by atoms with E-state index in [1.165, 1.54) is 19.1 Å². The maximum absolute atomic E-state index is 13.5. The van der Waals surface area contributed by atoms with Gasteiger partial charge in [0.2, 0.25) is 11.8 Å². The minimum absolute atomic E-state index is 0.0366. The zero-order valence-corrected chi connectivity index (χ0v) is 15.7. The number of nitrogens with one attached hydrogen (secondary N) is 1. The minimum Gasteiger partial charge on any atom is -0.454 e. The Kier molecular flexibility index (Phi) is 6.06. The summed E-state index contributed by atoms with van der Waals surface area (Å²) in [5.74, 6) is -3.22. The molecule has 3 atom stereocenters. The lowest BCUT2D eigenvalue weighted by atomic mass is 9.81. The predicted octanol–water partition coefficient (Wildman–Crippen LogP) is 1.55. The van der Waals surface area contributed by atoms with Gasteiger partial charge in [0.15, 0.2) is 6.61 Å². The van der Waals surface area contributed by atoms with Crippen LogP contribution in [0.15, 0.2) is 24.3 Å². The number of fused-ring (bicyclic) bond motifs is 1. The van der Waals surface area contributed by atoms with Gasteiger partial charge in [-0.1, -0.05) is 31.0 Å². The zero-order chi connectivity index (χ0) is 20.3. The molecule has 3 rings (SSSR count). The molecule has 8 heteroatoms. The molecule has 7 nitrogen and oxygen atoms in total. The summed E-state index contributed by atoms with van der Waals surface area (Å²) in [6.45, 7) is 0.818. The van der Waals surface area contributed by atoms with E-state index < -0.39 is 30.3 Å². The zero-order valence-electron chi connectivity index (χ0n) is 15.7. The molecule has 1 saturated heterocycles. The molecule has 28 heavy (non-hydrogen) atoms. The second kappa shape index (κ2) is 8.50. The summed E-state index contributed by atoms with van der Waals surface area (Å²) in [5.41, 5.74) is 0.311. The van der Waals surface area contributed by atoms with Crippen LogP contribution in [0.3, 0.4) is 0 Å². The van der Waals surface area contributed by atoms with Crippen molar-refractivity contribution in [3.05, 3.63) is 35.6 Å². The molecule has 1 aliphatic heterocycles. The number of amides is 3. The molecule has 1 heterocycles. The second-order valence-electron chi connectivity index (χ2n) is 7.20. The van der Waals surface area contributed by atoms with E-state index in [-0.39, 0.29) is 30.2 Å². The number of halogens is 1. The van der Waals surface area contributed by atoms with Crippen molar-refractivity contribution in [2.75, 3.05) is 6.61 Å². The summed E-state index contributed by atoms with van der Waals surface area (Å²) in [6, 6.07) is 4.93. The van der Waals surface area contributed by atoms with Gasteiger partial charge in [0.25, 0.3) is 5.91 Å². The number of carbonyl (C=O) groups excluding carboxylic acids is 4. The van der Waals surface area contributed by atoms with Crippen molar-refractivity contribution >= 4 is 23.7 Å². The Morgan fingerprint density at radius 1 is 1.18 bits per heavy atom. The highest BCUT2D eigenvalue weighted by Crippen LogP contribution is 2.38. The molecule has 0 aromatic heterocycles. The lowest BCUT2D eigenvalue weighted by Gasteiger charge is -2.21. The van der Waals surface area contributed by atoms with Crippen LogP contribution in [0, 0.1) is 17.7 Å². The van der Waals surface area contributed by atoms with Crippen LogP contribution in [-0.2, 0) is 30.5 Å². The van der Waals surface area contributed by atoms with Crippen molar-refractivity contribution in [2.45, 2.75) is 45.2 Å². The molecule has 1 aliphatic carbocycles. The fourth-order valence-corrected chi connectivity index (χ4v) is 3.82. The molecular weight excluding hydrogens is 367 g/mol. The summed E-state index contributed by atoms with van der Waals surface area (Å²) in [5, 5.41) is 2.46. The molecule has 150 valence electrons. The first-order valence-corrected chi connectivity index (χ1v) is 9.43. The number of carbonyl (C=O) groups is 4. The average Bonchev–Trinajstić information content (AvgIpc) is 2.95. The first-order chi connectivity index (χ1) is 13.4. The molecule has 3 amide bonds. The lowest BCUT2D eigenvalue weighted by molar-refractivity contribution is -0.159. The highest BCUT2D eigenvalue weighted by atomic mass is 19.1. The number of nitrogens with zero attached hydrogens (tertiary/aromatic N) is 1. The number of rotatable bonds is 6. The summed E-state index contributed by atoms with van der Waals surface area (Å²) in [6.07, 6.45) is 3.11. The molecule has 1 aromatic carbocycles. The molecule has 0 bridgehead atoms. The summed E-state index contributed by atoms with van der Waals surface area (Å²) >= 11 is 0. The third-order valence-corrected chi connectivity index (χ3v) is 5.38. The number of ether oxygens (including phenoxy) is 1. The second-order valence-corrected chi connectivity index (χ2v) is 7.20. The van der Waals surface area contributed by atoms with E-state index in [1.807, 2.05) is 0 Å². The third-order valence-electron chi connectivity index (χ3n) is 5.38. The first-order valence-electron chi connectivity index (χ1n) is 9.43. The quantitative estimate of drug-likeness (QED) is 0.588. The largest absolute Gasteiger partial charge is 0.454 e. The number of imide groups is 1.